The SMILES string of the molecule is Cc1nc2ccc(C(=O)OCC(=O)N[C@H](C)C(C)C)cc2nc1C. The molecular weight excluding hydrogens is 306 g/mol. The lowest BCUT2D eigenvalue weighted by atomic mass is 10.1. The van der Waals surface area contributed by atoms with Gasteiger partial charge in [-0.1, -0.05) is 13.8 Å². The average molecular weight is 329 g/mol. The first-order valence-corrected chi connectivity index (χ1v) is 7.99. The van der Waals surface area contributed by atoms with Gasteiger partial charge in [0.05, 0.1) is 28.0 Å². The number of benzene rings is 1. The van der Waals surface area contributed by atoms with E-state index in [0.29, 0.717) is 17.0 Å². The number of aryl methyl sites for hydroxylation is 2. The third kappa shape index (κ3) is 4.28. The summed E-state index contributed by atoms with van der Waals surface area (Å²) < 4.78 is 5.07. The zero-order valence-corrected chi connectivity index (χ0v) is 14.7. The van der Waals surface area contributed by atoms with Crippen molar-refractivity contribution in [2.24, 2.45) is 5.92 Å². The summed E-state index contributed by atoms with van der Waals surface area (Å²) in [5.41, 5.74) is 3.37. The van der Waals surface area contributed by atoms with Gasteiger partial charge in [-0.05, 0) is 44.9 Å². The second-order valence-electron chi connectivity index (χ2n) is 6.27. The van der Waals surface area contributed by atoms with Crippen LogP contribution in [0, 0.1) is 19.8 Å². The fraction of sp³-hybridized carbons (Fsp3) is 0.444. The molecule has 128 valence electrons. The Kier molecular flexibility index (Phi) is 5.49. The number of hydrogen-bond donors (Lipinski definition) is 1. The third-order valence-electron chi connectivity index (χ3n) is 4.03. The highest BCUT2D eigenvalue weighted by atomic mass is 16.5. The van der Waals surface area contributed by atoms with Gasteiger partial charge in [-0.2, -0.15) is 0 Å². The number of nitrogens with zero attached hydrogens (tertiary/aromatic N) is 2. The van der Waals surface area contributed by atoms with Crippen molar-refractivity contribution in [3.63, 3.8) is 0 Å². The Labute approximate surface area is 141 Å². The van der Waals surface area contributed by atoms with Crippen LogP contribution in [0.4, 0.5) is 0 Å². The van der Waals surface area contributed by atoms with Crippen LogP contribution in [0.3, 0.4) is 0 Å². The molecule has 0 saturated carbocycles. The highest BCUT2D eigenvalue weighted by Crippen LogP contribution is 2.15. The van der Waals surface area contributed by atoms with E-state index in [1.165, 1.54) is 0 Å². The van der Waals surface area contributed by atoms with Crippen LogP contribution in [0.15, 0.2) is 18.2 Å². The zero-order chi connectivity index (χ0) is 17.9. The first kappa shape index (κ1) is 17.8. The van der Waals surface area contributed by atoms with Crippen LogP contribution in [0.25, 0.3) is 11.0 Å². The summed E-state index contributed by atoms with van der Waals surface area (Å²) in [6.45, 7) is 9.39. The van der Waals surface area contributed by atoms with Gasteiger partial charge in [0.15, 0.2) is 6.61 Å². The van der Waals surface area contributed by atoms with E-state index in [2.05, 4.69) is 15.3 Å². The molecule has 0 aliphatic rings. The van der Waals surface area contributed by atoms with E-state index >= 15 is 0 Å². The molecule has 2 aromatic rings. The van der Waals surface area contributed by atoms with Gasteiger partial charge in [-0.15, -0.1) is 0 Å². The predicted octanol–water partition coefficient (Wildman–Crippen LogP) is 2.56. The van der Waals surface area contributed by atoms with E-state index in [4.69, 9.17) is 4.74 Å². The third-order valence-corrected chi connectivity index (χ3v) is 4.03. The molecule has 1 aromatic carbocycles. The number of nitrogens with one attached hydrogen (secondary N) is 1. The number of aromatic nitrogens is 2. The van der Waals surface area contributed by atoms with Crippen molar-refractivity contribution >= 4 is 22.9 Å². The lowest BCUT2D eigenvalue weighted by Gasteiger charge is -2.17. The summed E-state index contributed by atoms with van der Waals surface area (Å²) >= 11 is 0. The van der Waals surface area contributed by atoms with Gasteiger partial charge in [-0.3, -0.25) is 4.79 Å². The fourth-order valence-electron chi connectivity index (χ4n) is 2.03. The molecule has 1 amide bonds. The van der Waals surface area contributed by atoms with Crippen LogP contribution in [0.1, 0.15) is 42.5 Å². The number of hydrogen-bond acceptors (Lipinski definition) is 5. The molecule has 1 aromatic heterocycles. The second kappa shape index (κ2) is 7.38. The second-order valence-corrected chi connectivity index (χ2v) is 6.27. The van der Waals surface area contributed by atoms with Gasteiger partial charge in [0.1, 0.15) is 0 Å². The Morgan fingerprint density at radius 2 is 1.71 bits per heavy atom. The highest BCUT2D eigenvalue weighted by molar-refractivity contribution is 5.94. The number of carbonyl (C=O) groups excluding carboxylic acids is 2. The molecule has 1 heterocycles. The smallest absolute Gasteiger partial charge is 0.338 e. The minimum Gasteiger partial charge on any atom is -0.452 e. The van der Waals surface area contributed by atoms with Crippen LogP contribution in [-0.2, 0) is 9.53 Å². The van der Waals surface area contributed by atoms with Gasteiger partial charge >= 0.3 is 5.97 Å². The Bertz CT molecular complexity index is 771. The average Bonchev–Trinajstić information content (AvgIpc) is 2.53. The Morgan fingerprint density at radius 3 is 2.33 bits per heavy atom. The minimum absolute atomic E-state index is 0.0263. The molecule has 0 bridgehead atoms. The van der Waals surface area contributed by atoms with Crippen LogP contribution in [-0.4, -0.2) is 34.5 Å². The molecule has 0 unspecified atom stereocenters. The molecule has 24 heavy (non-hydrogen) atoms. The number of carbonyl (C=O) groups is 2. The predicted molar refractivity (Wildman–Crippen MR) is 91.7 cm³/mol. The minimum atomic E-state index is -0.552. The number of amides is 1. The summed E-state index contributed by atoms with van der Waals surface area (Å²) in [5.74, 6) is -0.545. The van der Waals surface area contributed by atoms with Crippen molar-refractivity contribution in [1.82, 2.24) is 15.3 Å². The summed E-state index contributed by atoms with van der Waals surface area (Å²) in [6, 6.07) is 5.01. The molecular formula is C18H23N3O3. The molecule has 0 fully saturated rings. The molecule has 1 atom stereocenters. The Morgan fingerprint density at radius 1 is 1.08 bits per heavy atom. The van der Waals surface area contributed by atoms with Gasteiger partial charge in [0, 0.05) is 6.04 Å². The molecule has 6 heteroatoms. The molecule has 0 spiro atoms. The number of esters is 1. The summed E-state index contributed by atoms with van der Waals surface area (Å²) in [5, 5.41) is 2.79. The van der Waals surface area contributed by atoms with Crippen molar-refractivity contribution < 1.29 is 14.3 Å². The number of ether oxygens (including phenoxy) is 1. The number of rotatable bonds is 5. The molecule has 0 saturated heterocycles. The Balaban J connectivity index is 2.03. The lowest BCUT2D eigenvalue weighted by molar-refractivity contribution is -0.125. The molecule has 1 N–H and O–H groups in total. The standard InChI is InChI=1S/C18H23N3O3/c1-10(2)11(3)21-17(22)9-24-18(23)14-6-7-15-16(8-14)20-13(5)12(4)19-15/h6-8,10-11H,9H2,1-5H3,(H,21,22)/t11-/m1/s1. The first-order chi connectivity index (χ1) is 11.3. The largest absolute Gasteiger partial charge is 0.452 e. The molecule has 2 rings (SSSR count). The van der Waals surface area contributed by atoms with E-state index in [9.17, 15) is 9.59 Å². The van der Waals surface area contributed by atoms with E-state index in [1.807, 2.05) is 34.6 Å². The molecule has 6 nitrogen and oxygen atoms in total. The summed E-state index contributed by atoms with van der Waals surface area (Å²) in [4.78, 5) is 32.7. The van der Waals surface area contributed by atoms with Crippen molar-refractivity contribution in [3.8, 4) is 0 Å². The van der Waals surface area contributed by atoms with Crippen LogP contribution in [0.2, 0.25) is 0 Å². The van der Waals surface area contributed by atoms with Crippen molar-refractivity contribution in [2.75, 3.05) is 6.61 Å². The van der Waals surface area contributed by atoms with E-state index in [1.54, 1.807) is 18.2 Å². The maximum absolute atomic E-state index is 12.1. The van der Waals surface area contributed by atoms with Gasteiger partial charge in [0.25, 0.3) is 5.91 Å². The molecule has 0 aliphatic carbocycles. The normalized spacial score (nSPS) is 12.2. The molecule has 0 radical (unpaired) electrons. The maximum atomic E-state index is 12.1. The van der Waals surface area contributed by atoms with Gasteiger partial charge < -0.3 is 10.1 Å². The zero-order valence-electron chi connectivity index (χ0n) is 14.7. The number of fused-ring (bicyclic) bond motifs is 1. The van der Waals surface area contributed by atoms with E-state index in [0.717, 1.165) is 16.9 Å². The topological polar surface area (TPSA) is 81.2 Å². The highest BCUT2D eigenvalue weighted by Gasteiger charge is 2.14. The molecule has 0 aliphatic heterocycles. The summed E-state index contributed by atoms with van der Waals surface area (Å²) in [7, 11) is 0. The van der Waals surface area contributed by atoms with Crippen molar-refractivity contribution in [3.05, 3.63) is 35.2 Å². The van der Waals surface area contributed by atoms with Crippen LogP contribution in [0.5, 0.6) is 0 Å². The van der Waals surface area contributed by atoms with Gasteiger partial charge in [0.2, 0.25) is 0 Å². The maximum Gasteiger partial charge on any atom is 0.338 e. The Hall–Kier alpha value is -2.50. The fourth-order valence-corrected chi connectivity index (χ4v) is 2.03. The quantitative estimate of drug-likeness (QED) is 0.853. The lowest BCUT2D eigenvalue weighted by Crippen LogP contribution is -2.38. The van der Waals surface area contributed by atoms with E-state index in [-0.39, 0.29) is 18.6 Å². The van der Waals surface area contributed by atoms with Crippen molar-refractivity contribution in [2.45, 2.75) is 40.7 Å². The van der Waals surface area contributed by atoms with Crippen LogP contribution < -0.4 is 5.32 Å². The van der Waals surface area contributed by atoms with Crippen LogP contribution >= 0.6 is 0 Å². The first-order valence-electron chi connectivity index (χ1n) is 7.99. The van der Waals surface area contributed by atoms with Crippen molar-refractivity contribution in [1.29, 1.82) is 0 Å². The monoisotopic (exact) mass is 329 g/mol. The van der Waals surface area contributed by atoms with E-state index < -0.39 is 5.97 Å². The summed E-state index contributed by atoms with van der Waals surface area (Å²) in [6.07, 6.45) is 0. The van der Waals surface area contributed by atoms with Gasteiger partial charge in [-0.25, -0.2) is 14.8 Å².